The Morgan fingerprint density at radius 1 is 1.12 bits per heavy atom. The molecule has 0 spiro atoms. The predicted octanol–water partition coefficient (Wildman–Crippen LogP) is 3.97. The Bertz CT molecular complexity index is 727. The molecule has 2 heterocycles. The van der Waals surface area contributed by atoms with Gasteiger partial charge < -0.3 is 10.2 Å². The number of hydrogen-bond acceptors (Lipinski definition) is 5. The number of halogens is 3. The molecule has 0 aromatic carbocycles. The largest absolute Gasteiger partial charge is 0.451 e. The lowest BCUT2D eigenvalue weighted by Crippen LogP contribution is -2.25. The number of alkyl halides is 3. The van der Waals surface area contributed by atoms with Crippen molar-refractivity contribution < 1.29 is 13.2 Å². The van der Waals surface area contributed by atoms with Crippen LogP contribution in [0.1, 0.15) is 36.5 Å². The van der Waals surface area contributed by atoms with Crippen molar-refractivity contribution >= 4 is 11.6 Å². The van der Waals surface area contributed by atoms with Crippen molar-refractivity contribution in [3.8, 4) is 0 Å². The lowest BCUT2D eigenvalue weighted by Gasteiger charge is -2.23. The van der Waals surface area contributed by atoms with Crippen molar-refractivity contribution in [3.05, 3.63) is 41.0 Å². The highest BCUT2D eigenvalue weighted by molar-refractivity contribution is 5.51. The third-order valence-electron chi connectivity index (χ3n) is 4.02. The molecule has 0 amide bonds. The Morgan fingerprint density at radius 3 is 2.40 bits per heavy atom. The quantitative estimate of drug-likeness (QED) is 0.852. The summed E-state index contributed by atoms with van der Waals surface area (Å²) in [6, 6.07) is 3.71. The van der Waals surface area contributed by atoms with Crippen molar-refractivity contribution in [2.24, 2.45) is 0 Å². The summed E-state index contributed by atoms with van der Waals surface area (Å²) in [5, 5.41) is 3.01. The van der Waals surface area contributed by atoms with Crippen molar-refractivity contribution in [3.63, 3.8) is 0 Å². The van der Waals surface area contributed by atoms with Gasteiger partial charge in [-0.3, -0.25) is 0 Å². The average molecular weight is 353 g/mol. The second kappa shape index (κ2) is 7.67. The first kappa shape index (κ1) is 19.0. The van der Waals surface area contributed by atoms with E-state index in [2.05, 4.69) is 25.2 Å². The van der Waals surface area contributed by atoms with Crippen LogP contribution >= 0.6 is 0 Å². The number of nitrogens with one attached hydrogen (secondary N) is 1. The Hall–Kier alpha value is -2.38. The van der Waals surface area contributed by atoms with E-state index in [9.17, 15) is 13.2 Å². The van der Waals surface area contributed by atoms with Crippen molar-refractivity contribution in [1.29, 1.82) is 0 Å². The molecule has 8 heteroatoms. The predicted molar refractivity (Wildman–Crippen MR) is 91.6 cm³/mol. The fourth-order valence-electron chi connectivity index (χ4n) is 2.48. The van der Waals surface area contributed by atoms with Gasteiger partial charge in [-0.2, -0.15) is 13.2 Å². The normalized spacial score (nSPS) is 11.5. The molecular weight excluding hydrogens is 331 g/mol. The SMILES string of the molecule is CCN(CC)c1ncccc1CNc1nc(C(F)(F)F)nc(C)c1C. The molecule has 25 heavy (non-hydrogen) atoms. The Balaban J connectivity index is 2.30. The van der Waals surface area contributed by atoms with Gasteiger partial charge in [0.15, 0.2) is 0 Å². The summed E-state index contributed by atoms with van der Waals surface area (Å²) < 4.78 is 38.8. The maximum Gasteiger partial charge on any atom is 0.451 e. The fraction of sp³-hybridized carbons (Fsp3) is 0.471. The molecule has 0 aliphatic rings. The van der Waals surface area contributed by atoms with E-state index in [4.69, 9.17) is 0 Å². The number of nitrogens with zero attached hydrogens (tertiary/aromatic N) is 4. The van der Waals surface area contributed by atoms with Crippen LogP contribution in [0.5, 0.6) is 0 Å². The van der Waals surface area contributed by atoms with E-state index in [0.717, 1.165) is 24.5 Å². The van der Waals surface area contributed by atoms with Gasteiger partial charge in [0.2, 0.25) is 5.82 Å². The Morgan fingerprint density at radius 2 is 1.80 bits per heavy atom. The molecule has 1 N–H and O–H groups in total. The molecule has 2 aromatic rings. The first-order valence-corrected chi connectivity index (χ1v) is 8.13. The standard InChI is InChI=1S/C17H22F3N5/c1-5-25(6-2)15-13(8-7-9-21-15)10-22-14-11(3)12(4)23-16(24-14)17(18,19)20/h7-9H,5-6,10H2,1-4H3,(H,22,23,24). The van der Waals surface area contributed by atoms with Crippen LogP contribution in [0.3, 0.4) is 0 Å². The van der Waals surface area contributed by atoms with Gasteiger partial charge in [0.05, 0.1) is 0 Å². The highest BCUT2D eigenvalue weighted by Gasteiger charge is 2.35. The van der Waals surface area contributed by atoms with Crippen LogP contribution in [0.2, 0.25) is 0 Å². The number of hydrogen-bond donors (Lipinski definition) is 1. The summed E-state index contributed by atoms with van der Waals surface area (Å²) in [6.45, 7) is 9.23. The molecule has 2 rings (SSSR count). The van der Waals surface area contributed by atoms with Crippen LogP contribution in [0.4, 0.5) is 24.8 Å². The van der Waals surface area contributed by atoms with Gasteiger partial charge in [-0.25, -0.2) is 15.0 Å². The van der Waals surface area contributed by atoms with Crippen LogP contribution < -0.4 is 10.2 Å². The topological polar surface area (TPSA) is 53.9 Å². The number of rotatable bonds is 6. The van der Waals surface area contributed by atoms with Gasteiger partial charge in [-0.1, -0.05) is 6.07 Å². The lowest BCUT2D eigenvalue weighted by atomic mass is 10.2. The molecule has 0 atom stereocenters. The molecule has 0 aliphatic heterocycles. The minimum Gasteiger partial charge on any atom is -0.366 e. The van der Waals surface area contributed by atoms with Crippen molar-refractivity contribution in [2.75, 3.05) is 23.3 Å². The van der Waals surface area contributed by atoms with Gasteiger partial charge in [-0.05, 0) is 33.8 Å². The minimum atomic E-state index is -4.57. The molecule has 0 bridgehead atoms. The maximum absolute atomic E-state index is 12.9. The van der Waals surface area contributed by atoms with E-state index in [1.807, 2.05) is 26.0 Å². The monoisotopic (exact) mass is 353 g/mol. The van der Waals surface area contributed by atoms with Crippen LogP contribution in [0.25, 0.3) is 0 Å². The van der Waals surface area contributed by atoms with E-state index in [1.54, 1.807) is 20.0 Å². The van der Waals surface area contributed by atoms with E-state index in [-0.39, 0.29) is 5.82 Å². The molecule has 0 saturated heterocycles. The van der Waals surface area contributed by atoms with Gasteiger partial charge in [0.25, 0.3) is 0 Å². The molecule has 136 valence electrons. The molecule has 0 unspecified atom stereocenters. The molecule has 5 nitrogen and oxygen atoms in total. The molecule has 0 radical (unpaired) electrons. The summed E-state index contributed by atoms with van der Waals surface area (Å²) in [5.74, 6) is -0.123. The first-order chi connectivity index (χ1) is 11.8. The lowest BCUT2D eigenvalue weighted by molar-refractivity contribution is -0.145. The maximum atomic E-state index is 12.9. The zero-order valence-corrected chi connectivity index (χ0v) is 14.8. The highest BCUT2D eigenvalue weighted by atomic mass is 19.4. The number of pyridine rings is 1. The molecular formula is C17H22F3N5. The Kier molecular flexibility index (Phi) is 5.81. The summed E-state index contributed by atoms with van der Waals surface area (Å²) in [4.78, 5) is 13.7. The van der Waals surface area contributed by atoms with Crippen LogP contribution in [-0.2, 0) is 12.7 Å². The smallest absolute Gasteiger partial charge is 0.366 e. The molecule has 0 aliphatic carbocycles. The highest BCUT2D eigenvalue weighted by Crippen LogP contribution is 2.29. The fourth-order valence-corrected chi connectivity index (χ4v) is 2.48. The van der Waals surface area contributed by atoms with Crippen LogP contribution in [-0.4, -0.2) is 28.0 Å². The van der Waals surface area contributed by atoms with Crippen molar-refractivity contribution in [2.45, 2.75) is 40.4 Å². The van der Waals surface area contributed by atoms with E-state index in [1.165, 1.54) is 0 Å². The third kappa shape index (κ3) is 4.37. The van der Waals surface area contributed by atoms with Gasteiger partial charge in [0.1, 0.15) is 11.6 Å². The number of aryl methyl sites for hydroxylation is 1. The minimum absolute atomic E-state index is 0.189. The van der Waals surface area contributed by atoms with Gasteiger partial charge >= 0.3 is 6.18 Å². The molecule has 2 aromatic heterocycles. The van der Waals surface area contributed by atoms with E-state index in [0.29, 0.717) is 17.8 Å². The zero-order valence-electron chi connectivity index (χ0n) is 14.8. The van der Waals surface area contributed by atoms with Gasteiger partial charge in [-0.15, -0.1) is 0 Å². The summed E-state index contributed by atoms with van der Waals surface area (Å²) in [5.41, 5.74) is 1.80. The summed E-state index contributed by atoms with van der Waals surface area (Å²) >= 11 is 0. The van der Waals surface area contributed by atoms with E-state index < -0.39 is 12.0 Å². The summed E-state index contributed by atoms with van der Waals surface area (Å²) in [6.07, 6.45) is -2.87. The third-order valence-corrected chi connectivity index (χ3v) is 4.02. The second-order valence-corrected chi connectivity index (χ2v) is 5.62. The Labute approximate surface area is 145 Å². The van der Waals surface area contributed by atoms with E-state index >= 15 is 0 Å². The summed E-state index contributed by atoms with van der Waals surface area (Å²) in [7, 11) is 0. The second-order valence-electron chi connectivity index (χ2n) is 5.62. The first-order valence-electron chi connectivity index (χ1n) is 8.13. The van der Waals surface area contributed by atoms with Crippen molar-refractivity contribution in [1.82, 2.24) is 15.0 Å². The van der Waals surface area contributed by atoms with Crippen LogP contribution in [0.15, 0.2) is 18.3 Å². The number of anilines is 2. The van der Waals surface area contributed by atoms with Gasteiger partial charge in [0, 0.05) is 42.7 Å². The zero-order chi connectivity index (χ0) is 18.6. The number of aromatic nitrogens is 3. The van der Waals surface area contributed by atoms with Crippen LogP contribution in [0, 0.1) is 13.8 Å². The average Bonchev–Trinajstić information content (AvgIpc) is 2.57. The molecule has 0 saturated carbocycles. The molecule has 0 fully saturated rings.